The number of halogens is 1. The fourth-order valence-corrected chi connectivity index (χ4v) is 2.25. The number of hydrogen-bond donors (Lipinski definition) is 1. The number of rotatable bonds is 4. The third-order valence-electron chi connectivity index (χ3n) is 2.96. The standard InChI is InChI=1S/C14H16BrN3O/c1-9-8-10(4-5-11(9)15)12(16-2)13-14(19-3)18-7-6-17-13/h4-8,12,16H,1-3H3. The molecule has 2 rings (SSSR count). The number of benzene rings is 1. The highest BCUT2D eigenvalue weighted by atomic mass is 79.9. The topological polar surface area (TPSA) is 47.0 Å². The van der Waals surface area contributed by atoms with Crippen LogP contribution in [0.15, 0.2) is 35.1 Å². The summed E-state index contributed by atoms with van der Waals surface area (Å²) in [5.74, 6) is 0.544. The molecule has 0 saturated heterocycles. The molecule has 1 N–H and O–H groups in total. The molecule has 0 spiro atoms. The number of aromatic nitrogens is 2. The minimum absolute atomic E-state index is 0.0459. The van der Waals surface area contributed by atoms with Gasteiger partial charge in [0.15, 0.2) is 0 Å². The largest absolute Gasteiger partial charge is 0.480 e. The predicted octanol–water partition coefficient (Wildman–Crippen LogP) is 2.86. The van der Waals surface area contributed by atoms with Crippen LogP contribution in [0.1, 0.15) is 22.9 Å². The first-order valence-electron chi connectivity index (χ1n) is 5.95. The number of aryl methyl sites for hydroxylation is 1. The lowest BCUT2D eigenvalue weighted by Gasteiger charge is -2.18. The second kappa shape index (κ2) is 6.12. The van der Waals surface area contributed by atoms with E-state index >= 15 is 0 Å². The van der Waals surface area contributed by atoms with Crippen molar-refractivity contribution < 1.29 is 4.74 Å². The molecule has 0 bridgehead atoms. The van der Waals surface area contributed by atoms with E-state index in [9.17, 15) is 0 Å². The predicted molar refractivity (Wildman–Crippen MR) is 78.4 cm³/mol. The summed E-state index contributed by atoms with van der Waals surface area (Å²) in [6.07, 6.45) is 3.30. The van der Waals surface area contributed by atoms with Crippen molar-refractivity contribution >= 4 is 15.9 Å². The normalized spacial score (nSPS) is 12.2. The maximum absolute atomic E-state index is 5.28. The maximum atomic E-state index is 5.28. The SMILES string of the molecule is CNC(c1ccc(Br)c(C)c1)c1nccnc1OC. The van der Waals surface area contributed by atoms with Gasteiger partial charge in [-0.3, -0.25) is 4.98 Å². The van der Waals surface area contributed by atoms with E-state index in [-0.39, 0.29) is 6.04 Å². The van der Waals surface area contributed by atoms with Crippen LogP contribution in [0.25, 0.3) is 0 Å². The summed E-state index contributed by atoms with van der Waals surface area (Å²) in [5, 5.41) is 3.26. The second-order valence-electron chi connectivity index (χ2n) is 4.18. The van der Waals surface area contributed by atoms with Gasteiger partial charge < -0.3 is 10.1 Å². The van der Waals surface area contributed by atoms with E-state index in [0.717, 1.165) is 15.7 Å². The number of ether oxygens (including phenoxy) is 1. The molecule has 1 unspecified atom stereocenters. The molecule has 5 heteroatoms. The van der Waals surface area contributed by atoms with Crippen LogP contribution in [0, 0.1) is 6.92 Å². The van der Waals surface area contributed by atoms with Crippen LogP contribution in [0.2, 0.25) is 0 Å². The molecule has 1 aromatic heterocycles. The highest BCUT2D eigenvalue weighted by Crippen LogP contribution is 2.28. The van der Waals surface area contributed by atoms with Crippen molar-refractivity contribution in [2.24, 2.45) is 0 Å². The molecule has 0 aliphatic carbocycles. The molecule has 0 amide bonds. The Morgan fingerprint density at radius 1 is 1.26 bits per heavy atom. The smallest absolute Gasteiger partial charge is 0.237 e. The van der Waals surface area contributed by atoms with Crippen molar-refractivity contribution in [3.05, 3.63) is 51.9 Å². The molecule has 0 aliphatic heterocycles. The first-order chi connectivity index (χ1) is 9.17. The monoisotopic (exact) mass is 321 g/mol. The van der Waals surface area contributed by atoms with E-state index < -0.39 is 0 Å². The van der Waals surface area contributed by atoms with Gasteiger partial charge in [0, 0.05) is 16.9 Å². The van der Waals surface area contributed by atoms with Gasteiger partial charge in [0.1, 0.15) is 5.69 Å². The summed E-state index contributed by atoms with van der Waals surface area (Å²) in [6, 6.07) is 6.18. The van der Waals surface area contributed by atoms with Crippen molar-refractivity contribution in [1.82, 2.24) is 15.3 Å². The van der Waals surface area contributed by atoms with Crippen LogP contribution in [-0.2, 0) is 0 Å². The van der Waals surface area contributed by atoms with Crippen LogP contribution < -0.4 is 10.1 Å². The Labute approximate surface area is 121 Å². The molecule has 0 radical (unpaired) electrons. The summed E-state index contributed by atoms with van der Waals surface area (Å²) >= 11 is 3.51. The van der Waals surface area contributed by atoms with Crippen LogP contribution in [-0.4, -0.2) is 24.1 Å². The van der Waals surface area contributed by atoms with E-state index in [2.05, 4.69) is 50.3 Å². The van der Waals surface area contributed by atoms with Gasteiger partial charge in [0.2, 0.25) is 5.88 Å². The number of nitrogens with one attached hydrogen (secondary N) is 1. The van der Waals surface area contributed by atoms with Crippen LogP contribution in [0.3, 0.4) is 0 Å². The highest BCUT2D eigenvalue weighted by molar-refractivity contribution is 9.10. The second-order valence-corrected chi connectivity index (χ2v) is 5.04. The zero-order chi connectivity index (χ0) is 13.8. The molecule has 19 heavy (non-hydrogen) atoms. The summed E-state index contributed by atoms with van der Waals surface area (Å²) < 4.78 is 6.38. The Kier molecular flexibility index (Phi) is 4.50. The molecule has 1 atom stereocenters. The first kappa shape index (κ1) is 14.0. The van der Waals surface area contributed by atoms with E-state index in [1.807, 2.05) is 13.1 Å². The fraction of sp³-hybridized carbons (Fsp3) is 0.286. The van der Waals surface area contributed by atoms with Gasteiger partial charge in [0.25, 0.3) is 0 Å². The summed E-state index contributed by atoms with van der Waals surface area (Å²) in [7, 11) is 3.50. The van der Waals surface area contributed by atoms with Crippen molar-refractivity contribution in [1.29, 1.82) is 0 Å². The molecule has 0 fully saturated rings. The van der Waals surface area contributed by atoms with Gasteiger partial charge in [-0.1, -0.05) is 28.1 Å². The van der Waals surface area contributed by atoms with Gasteiger partial charge in [-0.25, -0.2) is 4.98 Å². The molecule has 4 nitrogen and oxygen atoms in total. The van der Waals surface area contributed by atoms with E-state index in [4.69, 9.17) is 4.74 Å². The molecular weight excluding hydrogens is 306 g/mol. The molecule has 1 heterocycles. The zero-order valence-corrected chi connectivity index (χ0v) is 12.7. The average Bonchev–Trinajstić information content (AvgIpc) is 2.44. The summed E-state index contributed by atoms with van der Waals surface area (Å²) in [5.41, 5.74) is 3.09. The third kappa shape index (κ3) is 2.93. The molecule has 100 valence electrons. The lowest BCUT2D eigenvalue weighted by Crippen LogP contribution is -2.20. The zero-order valence-electron chi connectivity index (χ0n) is 11.1. The first-order valence-corrected chi connectivity index (χ1v) is 6.75. The number of nitrogens with zero attached hydrogens (tertiary/aromatic N) is 2. The highest BCUT2D eigenvalue weighted by Gasteiger charge is 2.19. The fourth-order valence-electron chi connectivity index (χ4n) is 2.00. The Bertz CT molecular complexity index is 574. The summed E-state index contributed by atoms with van der Waals surface area (Å²) in [4.78, 5) is 8.58. The molecule has 2 aromatic rings. The van der Waals surface area contributed by atoms with E-state index in [1.165, 1.54) is 5.56 Å². The summed E-state index contributed by atoms with van der Waals surface area (Å²) in [6.45, 7) is 2.06. The molecule has 0 saturated carbocycles. The van der Waals surface area contributed by atoms with Crippen molar-refractivity contribution in [2.75, 3.05) is 14.2 Å². The lowest BCUT2D eigenvalue weighted by atomic mass is 10.0. The quantitative estimate of drug-likeness (QED) is 0.940. The van der Waals surface area contributed by atoms with Gasteiger partial charge in [-0.2, -0.15) is 0 Å². The van der Waals surface area contributed by atoms with Crippen LogP contribution in [0.5, 0.6) is 5.88 Å². The van der Waals surface area contributed by atoms with Crippen LogP contribution >= 0.6 is 15.9 Å². The van der Waals surface area contributed by atoms with Crippen LogP contribution in [0.4, 0.5) is 0 Å². The molecular formula is C14H16BrN3O. The minimum Gasteiger partial charge on any atom is -0.480 e. The van der Waals surface area contributed by atoms with Crippen molar-refractivity contribution in [3.63, 3.8) is 0 Å². The Morgan fingerprint density at radius 2 is 2.00 bits per heavy atom. The van der Waals surface area contributed by atoms with Crippen molar-refractivity contribution in [3.8, 4) is 5.88 Å². The van der Waals surface area contributed by atoms with Gasteiger partial charge in [-0.15, -0.1) is 0 Å². The number of hydrogen-bond acceptors (Lipinski definition) is 4. The van der Waals surface area contributed by atoms with E-state index in [0.29, 0.717) is 5.88 Å². The Morgan fingerprint density at radius 3 is 2.63 bits per heavy atom. The maximum Gasteiger partial charge on any atom is 0.237 e. The van der Waals surface area contributed by atoms with Gasteiger partial charge in [0.05, 0.1) is 13.2 Å². The van der Waals surface area contributed by atoms with Gasteiger partial charge >= 0.3 is 0 Å². The minimum atomic E-state index is -0.0459. The third-order valence-corrected chi connectivity index (χ3v) is 3.85. The molecule has 1 aromatic carbocycles. The Balaban J connectivity index is 2.46. The van der Waals surface area contributed by atoms with E-state index in [1.54, 1.807) is 19.5 Å². The van der Waals surface area contributed by atoms with Gasteiger partial charge in [-0.05, 0) is 31.2 Å². The number of methoxy groups -OCH3 is 1. The Hall–Kier alpha value is -1.46. The molecule has 0 aliphatic rings. The lowest BCUT2D eigenvalue weighted by molar-refractivity contribution is 0.384. The van der Waals surface area contributed by atoms with Crippen molar-refractivity contribution in [2.45, 2.75) is 13.0 Å². The average molecular weight is 322 g/mol.